The molecular formula is C19H32N4O4Si. The number of nitro groups is 2. The molecule has 0 fully saturated rings. The molecule has 1 aromatic rings. The molecule has 0 heterocycles. The van der Waals surface area contributed by atoms with Crippen molar-refractivity contribution in [2.45, 2.75) is 59.7 Å². The third-order valence-corrected chi connectivity index (χ3v) is 9.92. The minimum absolute atomic E-state index is 0.161. The van der Waals surface area contributed by atoms with Crippen LogP contribution in [0.3, 0.4) is 0 Å². The zero-order valence-electron chi connectivity index (χ0n) is 17.6. The lowest BCUT2D eigenvalue weighted by atomic mass is 10.2. The van der Waals surface area contributed by atoms with Crippen LogP contribution in [0.5, 0.6) is 0 Å². The minimum atomic E-state index is -1.84. The molecule has 1 aromatic carbocycles. The van der Waals surface area contributed by atoms with Crippen molar-refractivity contribution in [2.75, 3.05) is 5.43 Å². The predicted octanol–water partition coefficient (Wildman–Crippen LogP) is 5.86. The Bertz CT molecular complexity index is 693. The van der Waals surface area contributed by atoms with E-state index in [1.165, 1.54) is 12.1 Å². The maximum absolute atomic E-state index is 11.3. The number of hydrogen-bond donors (Lipinski definition) is 1. The first-order chi connectivity index (χ1) is 13.0. The standard InChI is InChI=1S/C19H32N4O4Si/c1-14(2)10-28(11-15(3)4,12-16(5)6)13-20-21-18-8-7-17(22(24)25)9-19(18)23(26)27/h7-9,13-16,21H,10-12H2,1-6H3/b20-13-. The van der Waals surface area contributed by atoms with Gasteiger partial charge in [0.1, 0.15) is 13.8 Å². The van der Waals surface area contributed by atoms with Crippen LogP contribution in [0.25, 0.3) is 0 Å². The summed E-state index contributed by atoms with van der Waals surface area (Å²) < 4.78 is 0. The molecule has 0 unspecified atom stereocenters. The van der Waals surface area contributed by atoms with E-state index in [2.05, 4.69) is 52.1 Å². The summed E-state index contributed by atoms with van der Waals surface area (Å²) in [5, 5.41) is 26.6. The molecular weight excluding hydrogens is 376 g/mol. The molecule has 0 radical (unpaired) electrons. The summed E-state index contributed by atoms with van der Waals surface area (Å²) >= 11 is 0. The van der Waals surface area contributed by atoms with E-state index < -0.39 is 17.9 Å². The van der Waals surface area contributed by atoms with E-state index in [1.54, 1.807) is 0 Å². The molecule has 8 nitrogen and oxygen atoms in total. The first-order valence-corrected chi connectivity index (χ1v) is 12.4. The molecule has 0 saturated heterocycles. The average Bonchev–Trinajstić information content (AvgIpc) is 2.52. The van der Waals surface area contributed by atoms with Crippen molar-refractivity contribution in [1.82, 2.24) is 0 Å². The van der Waals surface area contributed by atoms with Gasteiger partial charge in [-0.15, -0.1) is 0 Å². The van der Waals surface area contributed by atoms with Crippen LogP contribution in [0.1, 0.15) is 41.5 Å². The maximum Gasteiger partial charge on any atom is 0.301 e. The van der Waals surface area contributed by atoms with Crippen molar-refractivity contribution >= 4 is 31.0 Å². The number of hydrogen-bond acceptors (Lipinski definition) is 6. The van der Waals surface area contributed by atoms with Crippen molar-refractivity contribution in [3.8, 4) is 0 Å². The van der Waals surface area contributed by atoms with Crippen LogP contribution < -0.4 is 5.43 Å². The quantitative estimate of drug-likeness (QED) is 0.213. The summed E-state index contributed by atoms with van der Waals surface area (Å²) in [6, 6.07) is 6.86. The Morgan fingerprint density at radius 1 is 0.964 bits per heavy atom. The van der Waals surface area contributed by atoms with E-state index in [4.69, 9.17) is 0 Å². The van der Waals surface area contributed by atoms with Crippen LogP contribution in [0.4, 0.5) is 17.1 Å². The van der Waals surface area contributed by atoms with Crippen LogP contribution in [-0.4, -0.2) is 23.8 Å². The van der Waals surface area contributed by atoms with Gasteiger partial charge in [0.25, 0.3) is 5.69 Å². The summed E-state index contributed by atoms with van der Waals surface area (Å²) in [5.41, 5.74) is 2.27. The lowest BCUT2D eigenvalue weighted by Gasteiger charge is -2.32. The summed E-state index contributed by atoms with van der Waals surface area (Å²) in [6.07, 6.45) is 0. The van der Waals surface area contributed by atoms with E-state index in [0.717, 1.165) is 24.2 Å². The van der Waals surface area contributed by atoms with Crippen LogP contribution in [0.2, 0.25) is 18.1 Å². The van der Waals surface area contributed by atoms with Gasteiger partial charge in [-0.3, -0.25) is 25.7 Å². The summed E-state index contributed by atoms with van der Waals surface area (Å²) in [7, 11) is -1.84. The fourth-order valence-corrected chi connectivity index (χ4v) is 10.00. The van der Waals surface area contributed by atoms with Crippen LogP contribution in [-0.2, 0) is 0 Å². The van der Waals surface area contributed by atoms with Gasteiger partial charge in [-0.2, -0.15) is 5.10 Å². The molecule has 28 heavy (non-hydrogen) atoms. The Hall–Kier alpha value is -2.29. The summed E-state index contributed by atoms with van der Waals surface area (Å²) in [5.74, 6) is 3.66. The van der Waals surface area contributed by atoms with E-state index in [0.29, 0.717) is 17.8 Å². The van der Waals surface area contributed by atoms with E-state index >= 15 is 0 Å². The largest absolute Gasteiger partial charge is 0.301 e. The Labute approximate surface area is 167 Å². The summed E-state index contributed by atoms with van der Waals surface area (Å²) in [6.45, 7) is 13.3. The number of benzene rings is 1. The van der Waals surface area contributed by atoms with E-state index in [-0.39, 0.29) is 17.1 Å². The first kappa shape index (κ1) is 23.7. The fraction of sp³-hybridized carbons (Fsp3) is 0.632. The average molecular weight is 409 g/mol. The number of nitrogens with one attached hydrogen (secondary N) is 1. The van der Waals surface area contributed by atoms with Gasteiger partial charge >= 0.3 is 5.69 Å². The zero-order chi connectivity index (χ0) is 21.5. The molecule has 156 valence electrons. The monoisotopic (exact) mass is 408 g/mol. The molecule has 9 heteroatoms. The van der Waals surface area contributed by atoms with Gasteiger partial charge in [-0.25, -0.2) is 0 Å². The highest BCUT2D eigenvalue weighted by Gasteiger charge is 2.34. The molecule has 0 aliphatic rings. The van der Waals surface area contributed by atoms with Gasteiger partial charge in [0, 0.05) is 11.9 Å². The van der Waals surface area contributed by atoms with Gasteiger partial charge in [0.05, 0.1) is 15.9 Å². The topological polar surface area (TPSA) is 111 Å². The van der Waals surface area contributed by atoms with Gasteiger partial charge in [-0.1, -0.05) is 41.5 Å². The number of rotatable bonds is 11. The lowest BCUT2D eigenvalue weighted by molar-refractivity contribution is -0.393. The van der Waals surface area contributed by atoms with Gasteiger partial charge in [0.2, 0.25) is 0 Å². The molecule has 0 amide bonds. The fourth-order valence-electron chi connectivity index (χ4n) is 3.97. The van der Waals surface area contributed by atoms with Gasteiger partial charge in [0.15, 0.2) is 0 Å². The SMILES string of the molecule is CC(C)C[Si](/C=N\Nc1ccc([N+](=O)[O-])cc1[N+](=O)[O-])(CC(C)C)CC(C)C. The van der Waals surface area contributed by atoms with Crippen molar-refractivity contribution in [3.05, 3.63) is 38.4 Å². The zero-order valence-corrected chi connectivity index (χ0v) is 18.6. The second kappa shape index (κ2) is 10.3. The molecule has 0 atom stereocenters. The number of hydrazone groups is 1. The van der Waals surface area contributed by atoms with Gasteiger partial charge in [-0.05, 0) is 42.0 Å². The number of anilines is 1. The second-order valence-corrected chi connectivity index (χ2v) is 12.9. The maximum atomic E-state index is 11.3. The highest BCUT2D eigenvalue weighted by Crippen LogP contribution is 2.32. The highest BCUT2D eigenvalue weighted by atomic mass is 28.3. The molecule has 0 bridgehead atoms. The van der Waals surface area contributed by atoms with Crippen LogP contribution >= 0.6 is 0 Å². The Morgan fingerprint density at radius 2 is 1.46 bits per heavy atom. The van der Waals surface area contributed by atoms with Crippen LogP contribution in [0, 0.1) is 38.0 Å². The van der Waals surface area contributed by atoms with Crippen molar-refractivity contribution in [1.29, 1.82) is 0 Å². The molecule has 1 N–H and O–H groups in total. The number of non-ortho nitro benzene ring substituents is 1. The minimum Gasteiger partial charge on any atom is -0.272 e. The lowest BCUT2D eigenvalue weighted by Crippen LogP contribution is -2.41. The third-order valence-electron chi connectivity index (χ3n) is 4.36. The van der Waals surface area contributed by atoms with Crippen molar-refractivity contribution in [2.24, 2.45) is 22.9 Å². The van der Waals surface area contributed by atoms with Crippen molar-refractivity contribution < 1.29 is 9.85 Å². The second-order valence-electron chi connectivity index (χ2n) is 8.74. The third kappa shape index (κ3) is 7.38. The Balaban J connectivity index is 3.19. The summed E-state index contributed by atoms with van der Waals surface area (Å²) in [4.78, 5) is 20.9. The smallest absolute Gasteiger partial charge is 0.272 e. The van der Waals surface area contributed by atoms with Crippen LogP contribution in [0.15, 0.2) is 23.3 Å². The molecule has 0 aliphatic heterocycles. The molecule has 0 aliphatic carbocycles. The highest BCUT2D eigenvalue weighted by molar-refractivity contribution is 7.02. The molecule has 0 aromatic heterocycles. The van der Waals surface area contributed by atoms with Crippen molar-refractivity contribution in [3.63, 3.8) is 0 Å². The molecule has 1 rings (SSSR count). The molecule has 0 spiro atoms. The number of nitrogens with zero attached hydrogens (tertiary/aromatic N) is 3. The number of nitro benzene ring substituents is 2. The van der Waals surface area contributed by atoms with Gasteiger partial charge < -0.3 is 0 Å². The Kier molecular flexibility index (Phi) is 8.74. The Morgan fingerprint density at radius 3 is 1.86 bits per heavy atom. The normalized spacial score (nSPS) is 12.3. The first-order valence-electron chi connectivity index (χ1n) is 9.69. The predicted molar refractivity (Wildman–Crippen MR) is 117 cm³/mol. The van der Waals surface area contributed by atoms with E-state index in [1.807, 2.05) is 5.84 Å². The van der Waals surface area contributed by atoms with E-state index in [9.17, 15) is 20.2 Å². The molecule has 0 saturated carbocycles.